The topological polar surface area (TPSA) is 65.2 Å². The molecular formula is C30H28N2O2. The van der Waals surface area contributed by atoms with Gasteiger partial charge in [0.2, 0.25) is 0 Å². The number of benzene rings is 3. The minimum Gasteiger partial charge on any atom is -0.507 e. The molecule has 0 spiro atoms. The Kier molecular flexibility index (Phi) is 8.94. The number of aromatic hydroxyl groups is 1. The molecular weight excluding hydrogens is 420 g/mol. The van der Waals surface area contributed by atoms with E-state index in [9.17, 15) is 10.3 Å². The van der Waals surface area contributed by atoms with Crippen molar-refractivity contribution in [1.29, 1.82) is 0 Å². The van der Waals surface area contributed by atoms with Crippen molar-refractivity contribution >= 4 is 17.6 Å². The van der Waals surface area contributed by atoms with Crippen molar-refractivity contribution in [2.45, 2.75) is 13.8 Å². The van der Waals surface area contributed by atoms with E-state index in [1.165, 1.54) is 0 Å². The summed E-state index contributed by atoms with van der Waals surface area (Å²) in [5, 5.41) is 23.4. The van der Waals surface area contributed by atoms with E-state index in [0.29, 0.717) is 5.71 Å². The number of oxime groups is 1. The maximum atomic E-state index is 10.3. The zero-order chi connectivity index (χ0) is 24.2. The molecule has 170 valence electrons. The van der Waals surface area contributed by atoms with Crippen molar-refractivity contribution in [2.75, 3.05) is 0 Å². The maximum Gasteiger partial charge on any atom is 0.123 e. The Hall–Kier alpha value is -4.44. The van der Waals surface area contributed by atoms with E-state index in [2.05, 4.69) is 10.1 Å². The standard InChI is InChI=1S/C30H28N2O2/c1-3-11-23(26(12-4-2)21-29(32-34)25-15-9-6-10-16-25)19-20-31-27-17-18-30(33)28(22-27)24-13-7-5-8-14-24/h3-22,33-34H,1-2H3/b11-3-,12-4-,23-19+,26-21-,31-20+,32-29-. The summed E-state index contributed by atoms with van der Waals surface area (Å²) in [7, 11) is 0. The average molecular weight is 449 g/mol. The number of nitrogens with zero attached hydrogens (tertiary/aromatic N) is 2. The van der Waals surface area contributed by atoms with Gasteiger partial charge in [0.05, 0.1) is 5.69 Å². The number of hydrogen-bond acceptors (Lipinski definition) is 4. The first-order chi connectivity index (χ1) is 16.7. The zero-order valence-electron chi connectivity index (χ0n) is 19.3. The summed E-state index contributed by atoms with van der Waals surface area (Å²) in [6.07, 6.45) is 13.3. The lowest BCUT2D eigenvalue weighted by Gasteiger charge is -2.06. The van der Waals surface area contributed by atoms with Crippen LogP contribution in [0.15, 0.2) is 137 Å². The summed E-state index contributed by atoms with van der Waals surface area (Å²) >= 11 is 0. The van der Waals surface area contributed by atoms with E-state index >= 15 is 0 Å². The largest absolute Gasteiger partial charge is 0.507 e. The number of rotatable bonds is 8. The van der Waals surface area contributed by atoms with Gasteiger partial charge >= 0.3 is 0 Å². The molecule has 0 radical (unpaired) electrons. The normalized spacial score (nSPS) is 13.4. The van der Waals surface area contributed by atoms with E-state index in [1.807, 2.05) is 117 Å². The Labute approximate surface area is 200 Å². The molecule has 3 rings (SSSR count). The van der Waals surface area contributed by atoms with Crippen molar-refractivity contribution in [3.63, 3.8) is 0 Å². The Morgan fingerprint density at radius 2 is 1.44 bits per heavy atom. The molecule has 0 amide bonds. The monoisotopic (exact) mass is 448 g/mol. The molecule has 0 heterocycles. The third-order valence-corrected chi connectivity index (χ3v) is 5.04. The van der Waals surface area contributed by atoms with Gasteiger partial charge in [-0.2, -0.15) is 0 Å². The van der Waals surface area contributed by atoms with Crippen LogP contribution in [0.5, 0.6) is 5.75 Å². The Bertz CT molecular complexity index is 1270. The van der Waals surface area contributed by atoms with Crippen LogP contribution >= 0.6 is 0 Å². The number of phenolic OH excluding ortho intramolecular Hbond substituents is 1. The van der Waals surface area contributed by atoms with Crippen LogP contribution < -0.4 is 0 Å². The average Bonchev–Trinajstić information content (AvgIpc) is 2.88. The highest BCUT2D eigenvalue weighted by Gasteiger charge is 2.06. The molecule has 3 aromatic rings. The van der Waals surface area contributed by atoms with Crippen LogP contribution in [0, 0.1) is 0 Å². The predicted molar refractivity (Wildman–Crippen MR) is 142 cm³/mol. The molecule has 3 aromatic carbocycles. The smallest absolute Gasteiger partial charge is 0.123 e. The summed E-state index contributed by atoms with van der Waals surface area (Å²) in [4.78, 5) is 4.58. The number of hydrogen-bond donors (Lipinski definition) is 2. The quantitative estimate of drug-likeness (QED) is 0.161. The third-order valence-electron chi connectivity index (χ3n) is 5.04. The summed E-state index contributed by atoms with van der Waals surface area (Å²) in [5.41, 5.74) is 5.45. The molecule has 0 aliphatic rings. The molecule has 0 fully saturated rings. The first-order valence-electron chi connectivity index (χ1n) is 11.0. The van der Waals surface area contributed by atoms with Gasteiger partial charge in [-0.25, -0.2) is 0 Å². The van der Waals surface area contributed by atoms with Gasteiger partial charge in [0, 0.05) is 17.3 Å². The second-order valence-electron chi connectivity index (χ2n) is 7.42. The molecule has 0 aliphatic heterocycles. The molecule has 2 N–H and O–H groups in total. The zero-order valence-corrected chi connectivity index (χ0v) is 19.3. The molecule has 0 atom stereocenters. The molecule has 4 heteroatoms. The lowest BCUT2D eigenvalue weighted by molar-refractivity contribution is 0.320. The summed E-state index contributed by atoms with van der Waals surface area (Å²) in [5.74, 6) is 0.213. The van der Waals surface area contributed by atoms with Crippen molar-refractivity contribution in [2.24, 2.45) is 10.1 Å². The minimum absolute atomic E-state index is 0.213. The van der Waals surface area contributed by atoms with Gasteiger partial charge in [-0.3, -0.25) is 4.99 Å². The lowest BCUT2D eigenvalue weighted by atomic mass is 10.00. The van der Waals surface area contributed by atoms with Crippen LogP contribution in [-0.2, 0) is 0 Å². The first kappa shape index (κ1) is 24.2. The van der Waals surface area contributed by atoms with Crippen LogP contribution in [-0.4, -0.2) is 22.2 Å². The predicted octanol–water partition coefficient (Wildman–Crippen LogP) is 7.65. The number of phenols is 1. The second-order valence-corrected chi connectivity index (χ2v) is 7.42. The fourth-order valence-electron chi connectivity index (χ4n) is 3.42. The van der Waals surface area contributed by atoms with Gasteiger partial charge in [-0.15, -0.1) is 0 Å². The van der Waals surface area contributed by atoms with Crippen molar-refractivity contribution in [1.82, 2.24) is 0 Å². The van der Waals surface area contributed by atoms with Crippen molar-refractivity contribution in [3.8, 4) is 16.9 Å². The van der Waals surface area contributed by atoms with E-state index in [1.54, 1.807) is 18.3 Å². The van der Waals surface area contributed by atoms with E-state index in [-0.39, 0.29) is 5.75 Å². The van der Waals surface area contributed by atoms with E-state index < -0.39 is 0 Å². The van der Waals surface area contributed by atoms with Crippen LogP contribution in [0.4, 0.5) is 5.69 Å². The Morgan fingerprint density at radius 3 is 2.09 bits per heavy atom. The molecule has 0 unspecified atom stereocenters. The maximum absolute atomic E-state index is 10.3. The molecule has 0 aromatic heterocycles. The van der Waals surface area contributed by atoms with E-state index in [4.69, 9.17) is 0 Å². The number of aliphatic imine (C=N–C) groups is 1. The second kappa shape index (κ2) is 12.6. The summed E-state index contributed by atoms with van der Waals surface area (Å²) in [6.45, 7) is 3.89. The molecule has 0 aliphatic carbocycles. The third kappa shape index (κ3) is 6.53. The Morgan fingerprint density at radius 1 is 0.794 bits per heavy atom. The van der Waals surface area contributed by atoms with Gasteiger partial charge in [-0.1, -0.05) is 90.1 Å². The summed E-state index contributed by atoms with van der Waals surface area (Å²) in [6, 6.07) is 24.5. The highest BCUT2D eigenvalue weighted by molar-refractivity contribution is 6.09. The van der Waals surface area contributed by atoms with Crippen LogP contribution in [0.2, 0.25) is 0 Å². The van der Waals surface area contributed by atoms with Crippen molar-refractivity contribution < 1.29 is 10.3 Å². The van der Waals surface area contributed by atoms with Crippen LogP contribution in [0.25, 0.3) is 11.1 Å². The lowest BCUT2D eigenvalue weighted by Crippen LogP contribution is -1.99. The Balaban J connectivity index is 1.95. The molecule has 0 saturated heterocycles. The fourth-order valence-corrected chi connectivity index (χ4v) is 3.42. The summed E-state index contributed by atoms with van der Waals surface area (Å²) < 4.78 is 0. The fraction of sp³-hybridized carbons (Fsp3) is 0.0667. The van der Waals surface area contributed by atoms with Gasteiger partial charge in [0.1, 0.15) is 11.5 Å². The van der Waals surface area contributed by atoms with Gasteiger partial charge < -0.3 is 10.3 Å². The minimum atomic E-state index is 0.213. The van der Waals surface area contributed by atoms with Gasteiger partial charge in [-0.05, 0) is 60.9 Å². The SMILES string of the molecule is C\C=C/C(=C/C(=N/O)c1ccccc1)C(/C=C\C)=C/C=N/c1ccc(O)c(-c2ccccc2)c1. The highest BCUT2D eigenvalue weighted by atomic mass is 16.4. The molecule has 0 saturated carbocycles. The highest BCUT2D eigenvalue weighted by Crippen LogP contribution is 2.32. The van der Waals surface area contributed by atoms with Crippen LogP contribution in [0.1, 0.15) is 19.4 Å². The van der Waals surface area contributed by atoms with Gasteiger partial charge in [0.25, 0.3) is 0 Å². The molecule has 4 nitrogen and oxygen atoms in total. The van der Waals surface area contributed by atoms with Crippen LogP contribution in [0.3, 0.4) is 0 Å². The van der Waals surface area contributed by atoms with Gasteiger partial charge in [0.15, 0.2) is 0 Å². The molecule has 34 heavy (non-hydrogen) atoms. The first-order valence-corrected chi connectivity index (χ1v) is 11.0. The molecule has 0 bridgehead atoms. The van der Waals surface area contributed by atoms with Crippen molar-refractivity contribution in [3.05, 3.63) is 132 Å². The van der Waals surface area contributed by atoms with E-state index in [0.717, 1.165) is 33.5 Å². The number of allylic oxidation sites excluding steroid dienone is 8.